The summed E-state index contributed by atoms with van der Waals surface area (Å²) in [6, 6.07) is 22.7. The first kappa shape index (κ1) is 25.9. The van der Waals surface area contributed by atoms with E-state index in [-0.39, 0.29) is 18.6 Å². The third kappa shape index (κ3) is 5.57. The van der Waals surface area contributed by atoms with Gasteiger partial charge in [0.1, 0.15) is 30.8 Å². The average Bonchev–Trinajstić information content (AvgIpc) is 3.30. The molecule has 0 amide bonds. The number of nitrogens with zero attached hydrogens (tertiary/aromatic N) is 2. The zero-order chi connectivity index (χ0) is 27.4. The monoisotopic (exact) mass is 522 g/mol. The van der Waals surface area contributed by atoms with Crippen LogP contribution in [0, 0.1) is 6.92 Å². The number of aryl methyl sites for hydroxylation is 1. The number of ether oxygens (including phenoxy) is 3. The van der Waals surface area contributed by atoms with Crippen molar-refractivity contribution in [2.45, 2.75) is 13.0 Å². The fourth-order valence-electron chi connectivity index (χ4n) is 4.74. The number of carbonyl (C=O) groups is 2. The molecule has 1 atom stereocenters. The van der Waals surface area contributed by atoms with E-state index in [2.05, 4.69) is 11.5 Å². The zero-order valence-corrected chi connectivity index (χ0v) is 22.0. The minimum absolute atomic E-state index is 0.104. The van der Waals surface area contributed by atoms with E-state index in [1.165, 1.54) is 12.2 Å². The van der Waals surface area contributed by atoms with Gasteiger partial charge in [-0.1, -0.05) is 36.9 Å². The van der Waals surface area contributed by atoms with Crippen LogP contribution in [0.25, 0.3) is 17.0 Å². The molecule has 0 unspecified atom stereocenters. The maximum Gasteiger partial charge on any atom is 0.331 e. The largest absolute Gasteiger partial charge is 0.490 e. The second-order valence-corrected chi connectivity index (χ2v) is 9.38. The molecule has 1 aliphatic rings. The van der Waals surface area contributed by atoms with Crippen LogP contribution in [-0.4, -0.2) is 49.4 Å². The minimum Gasteiger partial charge on any atom is -0.490 e. The fraction of sp³-hybridized carbons (Fsp3) is 0.188. The lowest BCUT2D eigenvalue weighted by Crippen LogP contribution is -2.41. The molecule has 0 bridgehead atoms. The molecule has 39 heavy (non-hydrogen) atoms. The van der Waals surface area contributed by atoms with Crippen LogP contribution in [0.5, 0.6) is 11.5 Å². The van der Waals surface area contributed by atoms with Crippen LogP contribution in [0.3, 0.4) is 0 Å². The number of hydrogen-bond donors (Lipinski definition) is 0. The van der Waals surface area contributed by atoms with Gasteiger partial charge in [0.2, 0.25) is 0 Å². The molecule has 0 fully saturated rings. The lowest BCUT2D eigenvalue weighted by atomic mass is 10.1. The molecule has 2 heterocycles. The fourth-order valence-corrected chi connectivity index (χ4v) is 4.74. The normalized spacial score (nSPS) is 14.6. The standard InChI is InChI=1S/C32H30N2O5/c1-4-18-37-31(35)17-14-23-8-7-10-28-27(23)19-22(2)34(28)32(36)24-12-15-25(16-13-24)38-21-26-20-33(3)29-9-5-6-11-30(29)39-26/h4-17,19,26H,1,18,20-21H2,2-3H3/t26-/m0/s1. The summed E-state index contributed by atoms with van der Waals surface area (Å²) >= 11 is 0. The van der Waals surface area contributed by atoms with Crippen molar-refractivity contribution >= 4 is 34.5 Å². The lowest BCUT2D eigenvalue weighted by Gasteiger charge is -2.33. The van der Waals surface area contributed by atoms with Gasteiger partial charge in [-0.05, 0) is 67.1 Å². The van der Waals surface area contributed by atoms with Crippen LogP contribution >= 0.6 is 0 Å². The molecule has 0 N–H and O–H groups in total. The number of para-hydroxylation sites is 2. The van der Waals surface area contributed by atoms with Gasteiger partial charge in [-0.15, -0.1) is 0 Å². The maximum absolute atomic E-state index is 13.5. The van der Waals surface area contributed by atoms with Crippen LogP contribution in [0.15, 0.2) is 91.5 Å². The molecule has 198 valence electrons. The maximum atomic E-state index is 13.5. The second kappa shape index (κ2) is 11.3. The van der Waals surface area contributed by atoms with Crippen LogP contribution in [0.2, 0.25) is 0 Å². The second-order valence-electron chi connectivity index (χ2n) is 9.38. The van der Waals surface area contributed by atoms with Gasteiger partial charge >= 0.3 is 5.97 Å². The van der Waals surface area contributed by atoms with E-state index in [9.17, 15) is 9.59 Å². The van der Waals surface area contributed by atoms with Crippen molar-refractivity contribution in [3.05, 3.63) is 108 Å². The van der Waals surface area contributed by atoms with Crippen LogP contribution in [0.4, 0.5) is 5.69 Å². The quantitative estimate of drug-likeness (QED) is 0.169. The molecule has 1 aliphatic heterocycles. The summed E-state index contributed by atoms with van der Waals surface area (Å²) in [5, 5.41) is 0.870. The Labute approximate surface area is 227 Å². The summed E-state index contributed by atoms with van der Waals surface area (Å²) in [6.07, 6.45) is 4.48. The number of carbonyl (C=O) groups excluding carboxylic acids is 2. The van der Waals surface area contributed by atoms with Gasteiger partial charge in [0, 0.05) is 29.8 Å². The summed E-state index contributed by atoms with van der Waals surface area (Å²) in [7, 11) is 2.04. The Morgan fingerprint density at radius 3 is 2.67 bits per heavy atom. The van der Waals surface area contributed by atoms with Crippen molar-refractivity contribution in [1.82, 2.24) is 4.57 Å². The molecule has 0 saturated heterocycles. The van der Waals surface area contributed by atoms with Crippen LogP contribution in [-0.2, 0) is 9.53 Å². The molecular formula is C32H30N2O5. The summed E-state index contributed by atoms with van der Waals surface area (Å²) in [4.78, 5) is 27.5. The molecule has 4 aromatic rings. The number of anilines is 1. The first-order valence-corrected chi connectivity index (χ1v) is 12.8. The van der Waals surface area contributed by atoms with Crippen molar-refractivity contribution in [2.75, 3.05) is 31.7 Å². The van der Waals surface area contributed by atoms with Gasteiger partial charge in [0.05, 0.1) is 17.7 Å². The molecule has 0 saturated carbocycles. The van der Waals surface area contributed by atoms with E-state index in [4.69, 9.17) is 14.2 Å². The summed E-state index contributed by atoms with van der Waals surface area (Å²) in [5.74, 6) is 0.922. The van der Waals surface area contributed by atoms with Crippen molar-refractivity contribution < 1.29 is 23.8 Å². The van der Waals surface area contributed by atoms with Gasteiger partial charge in [-0.2, -0.15) is 0 Å². The molecule has 0 aliphatic carbocycles. The number of fused-ring (bicyclic) bond motifs is 2. The number of aromatic nitrogens is 1. The van der Waals surface area contributed by atoms with Crippen molar-refractivity contribution in [2.24, 2.45) is 0 Å². The first-order chi connectivity index (χ1) is 18.9. The third-order valence-electron chi connectivity index (χ3n) is 6.59. The van der Waals surface area contributed by atoms with Gasteiger partial charge in [0.25, 0.3) is 5.91 Å². The van der Waals surface area contributed by atoms with Gasteiger partial charge < -0.3 is 19.1 Å². The molecule has 0 radical (unpaired) electrons. The highest BCUT2D eigenvalue weighted by Crippen LogP contribution is 2.32. The van der Waals surface area contributed by atoms with Crippen LogP contribution in [0.1, 0.15) is 21.6 Å². The number of hydrogen-bond acceptors (Lipinski definition) is 6. The van der Waals surface area contributed by atoms with E-state index in [1.807, 2.05) is 62.5 Å². The topological polar surface area (TPSA) is 70.0 Å². The van der Waals surface area contributed by atoms with Crippen molar-refractivity contribution in [3.8, 4) is 11.5 Å². The Bertz CT molecular complexity index is 1550. The number of esters is 1. The molecule has 7 heteroatoms. The Morgan fingerprint density at radius 2 is 1.87 bits per heavy atom. The predicted octanol–water partition coefficient (Wildman–Crippen LogP) is 5.66. The Morgan fingerprint density at radius 1 is 1.08 bits per heavy atom. The Hall–Kier alpha value is -4.78. The smallest absolute Gasteiger partial charge is 0.331 e. The Kier molecular flexibility index (Phi) is 7.50. The third-order valence-corrected chi connectivity index (χ3v) is 6.59. The van der Waals surface area contributed by atoms with E-state index in [1.54, 1.807) is 34.9 Å². The van der Waals surface area contributed by atoms with Crippen molar-refractivity contribution in [3.63, 3.8) is 0 Å². The van der Waals surface area contributed by atoms with Gasteiger partial charge in [-0.3, -0.25) is 9.36 Å². The zero-order valence-electron chi connectivity index (χ0n) is 22.0. The molecule has 1 aromatic heterocycles. The highest BCUT2D eigenvalue weighted by Gasteiger charge is 2.23. The predicted molar refractivity (Wildman–Crippen MR) is 153 cm³/mol. The molecule has 5 rings (SSSR count). The highest BCUT2D eigenvalue weighted by atomic mass is 16.5. The summed E-state index contributed by atoms with van der Waals surface area (Å²) in [6.45, 7) is 6.70. The lowest BCUT2D eigenvalue weighted by molar-refractivity contribution is -0.136. The summed E-state index contributed by atoms with van der Waals surface area (Å²) in [5.41, 5.74) is 3.99. The van der Waals surface area contributed by atoms with E-state index >= 15 is 0 Å². The molecule has 3 aromatic carbocycles. The molecule has 7 nitrogen and oxygen atoms in total. The van der Waals surface area contributed by atoms with Crippen LogP contribution < -0.4 is 14.4 Å². The van der Waals surface area contributed by atoms with Gasteiger partial charge in [0.15, 0.2) is 0 Å². The highest BCUT2D eigenvalue weighted by molar-refractivity contribution is 6.05. The Balaban J connectivity index is 1.28. The van der Waals surface area contributed by atoms with Gasteiger partial charge in [-0.25, -0.2) is 4.79 Å². The first-order valence-electron chi connectivity index (χ1n) is 12.8. The number of rotatable bonds is 8. The number of likely N-dealkylation sites (N-methyl/N-ethyl adjacent to an activating group) is 1. The van der Waals surface area contributed by atoms with E-state index in [0.717, 1.165) is 40.1 Å². The number of benzene rings is 3. The van der Waals surface area contributed by atoms with E-state index < -0.39 is 5.97 Å². The molecule has 0 spiro atoms. The SMILES string of the molecule is C=CCOC(=O)C=Cc1cccc2c1cc(C)n2C(=O)c1ccc(OC[C@@H]2CN(C)c3ccccc3O2)cc1. The molecular weight excluding hydrogens is 492 g/mol. The minimum atomic E-state index is -0.451. The average molecular weight is 523 g/mol. The summed E-state index contributed by atoms with van der Waals surface area (Å²) < 4.78 is 18.8. The van der Waals surface area contributed by atoms with E-state index in [0.29, 0.717) is 17.9 Å². The van der Waals surface area contributed by atoms with Crippen molar-refractivity contribution in [1.29, 1.82) is 0 Å².